The monoisotopic (exact) mass is 279 g/mol. The Bertz CT molecular complexity index is 382. The molecule has 20 heavy (non-hydrogen) atoms. The van der Waals surface area contributed by atoms with Crippen molar-refractivity contribution in [3.05, 3.63) is 18.1 Å². The van der Waals surface area contributed by atoms with E-state index in [9.17, 15) is 0 Å². The molecule has 0 bridgehead atoms. The molecule has 1 N–H and O–H groups in total. The van der Waals surface area contributed by atoms with Crippen molar-refractivity contribution in [3.63, 3.8) is 0 Å². The summed E-state index contributed by atoms with van der Waals surface area (Å²) in [4.78, 5) is 8.92. The SMILES string of the molecule is CCCNC(C)C(c1cncc(OCCC)n1)C(C)C. The van der Waals surface area contributed by atoms with E-state index < -0.39 is 0 Å². The predicted octanol–water partition coefficient (Wildman–Crippen LogP) is 3.39. The van der Waals surface area contributed by atoms with Crippen LogP contribution in [0.4, 0.5) is 0 Å². The molecule has 1 rings (SSSR count). The van der Waals surface area contributed by atoms with Crippen LogP contribution in [0.5, 0.6) is 5.88 Å². The Morgan fingerprint density at radius 1 is 1.15 bits per heavy atom. The highest BCUT2D eigenvalue weighted by atomic mass is 16.5. The Morgan fingerprint density at radius 3 is 2.50 bits per heavy atom. The largest absolute Gasteiger partial charge is 0.477 e. The first kappa shape index (κ1) is 16.9. The molecule has 0 fully saturated rings. The van der Waals surface area contributed by atoms with Gasteiger partial charge in [-0.1, -0.05) is 27.7 Å². The Labute approximate surface area is 123 Å². The van der Waals surface area contributed by atoms with Crippen LogP contribution in [0.1, 0.15) is 59.1 Å². The molecule has 1 heterocycles. The van der Waals surface area contributed by atoms with Crippen molar-refractivity contribution in [1.29, 1.82) is 0 Å². The molecule has 0 aliphatic heterocycles. The lowest BCUT2D eigenvalue weighted by Crippen LogP contribution is -2.35. The minimum atomic E-state index is 0.347. The molecule has 1 aromatic heterocycles. The van der Waals surface area contributed by atoms with Crippen molar-refractivity contribution in [2.24, 2.45) is 5.92 Å². The second-order valence-corrected chi connectivity index (χ2v) is 5.64. The summed E-state index contributed by atoms with van der Waals surface area (Å²) in [6, 6.07) is 0.380. The third kappa shape index (κ3) is 5.08. The smallest absolute Gasteiger partial charge is 0.232 e. The molecule has 0 spiro atoms. The summed E-state index contributed by atoms with van der Waals surface area (Å²) in [5.74, 6) is 1.49. The Kier molecular flexibility index (Phi) is 7.52. The van der Waals surface area contributed by atoms with Gasteiger partial charge >= 0.3 is 0 Å². The fraction of sp³-hybridized carbons (Fsp3) is 0.750. The first-order valence-corrected chi connectivity index (χ1v) is 7.78. The van der Waals surface area contributed by atoms with Crippen LogP contribution in [0.3, 0.4) is 0 Å². The zero-order valence-corrected chi connectivity index (χ0v) is 13.5. The normalized spacial score (nSPS) is 14.3. The summed E-state index contributed by atoms with van der Waals surface area (Å²) in [5.41, 5.74) is 1.02. The lowest BCUT2D eigenvalue weighted by atomic mass is 9.86. The molecular formula is C16H29N3O. The van der Waals surface area contributed by atoms with E-state index in [1.165, 1.54) is 0 Å². The van der Waals surface area contributed by atoms with Crippen LogP contribution >= 0.6 is 0 Å². The Balaban J connectivity index is 2.85. The molecule has 0 saturated heterocycles. The number of aromatic nitrogens is 2. The maximum Gasteiger partial charge on any atom is 0.232 e. The van der Waals surface area contributed by atoms with Gasteiger partial charge in [0.1, 0.15) is 0 Å². The van der Waals surface area contributed by atoms with Gasteiger partial charge in [0, 0.05) is 18.2 Å². The van der Waals surface area contributed by atoms with E-state index in [1.807, 2.05) is 6.20 Å². The maximum atomic E-state index is 5.59. The van der Waals surface area contributed by atoms with E-state index >= 15 is 0 Å². The lowest BCUT2D eigenvalue weighted by Gasteiger charge is -2.27. The summed E-state index contributed by atoms with van der Waals surface area (Å²) in [5, 5.41) is 3.57. The van der Waals surface area contributed by atoms with Gasteiger partial charge in [-0.2, -0.15) is 0 Å². The molecular weight excluding hydrogens is 250 g/mol. The highest BCUT2D eigenvalue weighted by Crippen LogP contribution is 2.27. The molecule has 0 saturated carbocycles. The van der Waals surface area contributed by atoms with E-state index in [0.29, 0.717) is 30.4 Å². The van der Waals surface area contributed by atoms with Crippen molar-refractivity contribution in [3.8, 4) is 5.88 Å². The van der Waals surface area contributed by atoms with Gasteiger partial charge in [-0.15, -0.1) is 0 Å². The fourth-order valence-corrected chi connectivity index (χ4v) is 2.47. The summed E-state index contributed by atoms with van der Waals surface area (Å²) >= 11 is 0. The first-order valence-electron chi connectivity index (χ1n) is 7.78. The van der Waals surface area contributed by atoms with Crippen LogP contribution in [0.2, 0.25) is 0 Å². The molecule has 0 aliphatic rings. The van der Waals surface area contributed by atoms with Crippen LogP contribution in [-0.4, -0.2) is 29.2 Å². The van der Waals surface area contributed by atoms with Crippen molar-refractivity contribution in [2.75, 3.05) is 13.2 Å². The highest BCUT2D eigenvalue weighted by Gasteiger charge is 2.24. The second kappa shape index (κ2) is 8.90. The quantitative estimate of drug-likeness (QED) is 0.752. The van der Waals surface area contributed by atoms with E-state index in [4.69, 9.17) is 4.74 Å². The molecule has 4 nitrogen and oxygen atoms in total. The summed E-state index contributed by atoms with van der Waals surface area (Å²) in [6.07, 6.45) is 5.68. The van der Waals surface area contributed by atoms with Gasteiger partial charge in [0.25, 0.3) is 0 Å². The number of rotatable bonds is 9. The second-order valence-electron chi connectivity index (χ2n) is 5.64. The van der Waals surface area contributed by atoms with Crippen LogP contribution in [0, 0.1) is 5.92 Å². The van der Waals surface area contributed by atoms with Gasteiger partial charge in [0.2, 0.25) is 5.88 Å². The molecule has 2 atom stereocenters. The third-order valence-electron chi connectivity index (χ3n) is 3.40. The zero-order valence-electron chi connectivity index (χ0n) is 13.5. The number of hydrogen-bond acceptors (Lipinski definition) is 4. The number of ether oxygens (including phenoxy) is 1. The average molecular weight is 279 g/mol. The predicted molar refractivity (Wildman–Crippen MR) is 83.2 cm³/mol. The molecule has 0 amide bonds. The van der Waals surface area contributed by atoms with E-state index in [1.54, 1.807) is 6.20 Å². The maximum absolute atomic E-state index is 5.59. The van der Waals surface area contributed by atoms with Gasteiger partial charge in [-0.25, -0.2) is 4.98 Å². The Hall–Kier alpha value is -1.16. The first-order chi connectivity index (χ1) is 9.60. The minimum Gasteiger partial charge on any atom is -0.477 e. The molecule has 0 aromatic carbocycles. The summed E-state index contributed by atoms with van der Waals surface area (Å²) < 4.78 is 5.59. The topological polar surface area (TPSA) is 47.0 Å². The van der Waals surface area contributed by atoms with Crippen LogP contribution in [0.15, 0.2) is 12.4 Å². The summed E-state index contributed by atoms with van der Waals surface area (Å²) in [7, 11) is 0. The van der Waals surface area contributed by atoms with Crippen molar-refractivity contribution >= 4 is 0 Å². The van der Waals surface area contributed by atoms with Crippen molar-refractivity contribution in [1.82, 2.24) is 15.3 Å². The van der Waals surface area contributed by atoms with Gasteiger partial charge in [-0.05, 0) is 32.2 Å². The standard InChI is InChI=1S/C16H29N3O/c1-6-8-18-13(5)16(12(3)4)14-10-17-11-15(19-14)20-9-7-2/h10-13,16,18H,6-9H2,1-5H3. The van der Waals surface area contributed by atoms with E-state index in [0.717, 1.165) is 25.1 Å². The summed E-state index contributed by atoms with van der Waals surface area (Å²) in [6.45, 7) is 12.7. The van der Waals surface area contributed by atoms with Crippen molar-refractivity contribution in [2.45, 2.75) is 59.4 Å². The number of nitrogens with zero attached hydrogens (tertiary/aromatic N) is 2. The van der Waals surface area contributed by atoms with E-state index in [2.05, 4.69) is 49.9 Å². The third-order valence-corrected chi connectivity index (χ3v) is 3.40. The van der Waals surface area contributed by atoms with Gasteiger partial charge in [-0.3, -0.25) is 4.98 Å². The Morgan fingerprint density at radius 2 is 1.90 bits per heavy atom. The van der Waals surface area contributed by atoms with Crippen LogP contribution in [-0.2, 0) is 0 Å². The molecule has 0 aliphatic carbocycles. The molecule has 114 valence electrons. The van der Waals surface area contributed by atoms with Crippen molar-refractivity contribution < 1.29 is 4.74 Å². The molecule has 2 unspecified atom stereocenters. The molecule has 4 heteroatoms. The van der Waals surface area contributed by atoms with E-state index in [-0.39, 0.29) is 0 Å². The zero-order chi connectivity index (χ0) is 15.0. The molecule has 0 radical (unpaired) electrons. The number of hydrogen-bond donors (Lipinski definition) is 1. The number of nitrogens with one attached hydrogen (secondary N) is 1. The van der Waals surface area contributed by atoms with Crippen LogP contribution < -0.4 is 10.1 Å². The average Bonchev–Trinajstić information content (AvgIpc) is 2.43. The van der Waals surface area contributed by atoms with Gasteiger partial charge < -0.3 is 10.1 Å². The highest BCUT2D eigenvalue weighted by molar-refractivity contribution is 5.14. The molecule has 1 aromatic rings. The van der Waals surface area contributed by atoms with Gasteiger partial charge in [0.15, 0.2) is 0 Å². The minimum absolute atomic E-state index is 0.347. The fourth-order valence-electron chi connectivity index (χ4n) is 2.47. The van der Waals surface area contributed by atoms with Gasteiger partial charge in [0.05, 0.1) is 18.5 Å². The van der Waals surface area contributed by atoms with Crippen LogP contribution in [0.25, 0.3) is 0 Å². The lowest BCUT2D eigenvalue weighted by molar-refractivity contribution is 0.298.